The van der Waals surface area contributed by atoms with E-state index >= 15 is 0 Å². The summed E-state index contributed by atoms with van der Waals surface area (Å²) in [6, 6.07) is 76.1. The Kier molecular flexibility index (Phi) is 7.49. The van der Waals surface area contributed by atoms with Crippen molar-refractivity contribution < 1.29 is 4.42 Å². The summed E-state index contributed by atoms with van der Waals surface area (Å²) in [7, 11) is 0. The lowest BCUT2D eigenvalue weighted by Gasteiger charge is -2.34. The molecule has 9 aromatic carbocycles. The van der Waals surface area contributed by atoms with Gasteiger partial charge in [-0.1, -0.05) is 182 Å². The highest BCUT2D eigenvalue weighted by atomic mass is 16.3. The van der Waals surface area contributed by atoms with E-state index in [1.54, 1.807) is 0 Å². The number of hydrogen-bond acceptors (Lipinski definition) is 4. The second kappa shape index (κ2) is 13.4. The second-order valence-corrected chi connectivity index (χ2v) is 16.3. The molecule has 4 nitrogen and oxygen atoms in total. The number of aromatic nitrogens is 3. The van der Waals surface area contributed by atoms with Gasteiger partial charge in [0.25, 0.3) is 0 Å². The van der Waals surface area contributed by atoms with E-state index < -0.39 is 5.41 Å². The van der Waals surface area contributed by atoms with Crippen LogP contribution in [0.4, 0.5) is 0 Å². The molecule has 11 aromatic rings. The van der Waals surface area contributed by atoms with Crippen molar-refractivity contribution in [2.75, 3.05) is 0 Å². The summed E-state index contributed by atoms with van der Waals surface area (Å²) < 4.78 is 6.30. The van der Waals surface area contributed by atoms with Crippen molar-refractivity contribution in [1.29, 1.82) is 0 Å². The third kappa shape index (κ3) is 5.04. The van der Waals surface area contributed by atoms with Crippen LogP contribution in [0.15, 0.2) is 217 Å². The van der Waals surface area contributed by atoms with Gasteiger partial charge in [-0.2, -0.15) is 0 Å². The first-order valence-electron chi connectivity index (χ1n) is 21.1. The first kappa shape index (κ1) is 34.6. The molecule has 0 spiro atoms. The lowest BCUT2D eigenvalue weighted by Crippen LogP contribution is -2.28. The van der Waals surface area contributed by atoms with Gasteiger partial charge in [0, 0.05) is 27.5 Å². The van der Waals surface area contributed by atoms with Gasteiger partial charge < -0.3 is 4.42 Å². The van der Waals surface area contributed by atoms with Crippen molar-refractivity contribution in [1.82, 2.24) is 15.0 Å². The molecular formula is C58H35N3O. The average Bonchev–Trinajstić information content (AvgIpc) is 3.88. The summed E-state index contributed by atoms with van der Waals surface area (Å²) in [4.78, 5) is 16.2. The molecular weight excluding hydrogens is 755 g/mol. The van der Waals surface area contributed by atoms with Crippen molar-refractivity contribution in [3.63, 3.8) is 0 Å². The Morgan fingerprint density at radius 2 is 0.839 bits per heavy atom. The minimum absolute atomic E-state index is 0.589. The first-order chi connectivity index (χ1) is 30.7. The Morgan fingerprint density at radius 1 is 0.323 bits per heavy atom. The molecule has 288 valence electrons. The molecule has 4 heteroatoms. The van der Waals surface area contributed by atoms with Crippen molar-refractivity contribution in [2.45, 2.75) is 5.41 Å². The van der Waals surface area contributed by atoms with Crippen LogP contribution < -0.4 is 0 Å². The number of furan rings is 1. The zero-order chi connectivity index (χ0) is 40.8. The van der Waals surface area contributed by atoms with Gasteiger partial charge in [-0.15, -0.1) is 0 Å². The molecule has 13 rings (SSSR count). The predicted octanol–water partition coefficient (Wildman–Crippen LogP) is 14.4. The monoisotopic (exact) mass is 789 g/mol. The van der Waals surface area contributed by atoms with E-state index in [9.17, 15) is 0 Å². The van der Waals surface area contributed by atoms with Crippen LogP contribution in [0.5, 0.6) is 0 Å². The van der Waals surface area contributed by atoms with Gasteiger partial charge in [0.15, 0.2) is 17.5 Å². The van der Waals surface area contributed by atoms with Crippen LogP contribution >= 0.6 is 0 Å². The Balaban J connectivity index is 1.11. The maximum absolute atomic E-state index is 6.30. The number of benzene rings is 9. The molecule has 0 saturated heterocycles. The van der Waals surface area contributed by atoms with E-state index in [2.05, 4.69) is 194 Å². The Hall–Kier alpha value is -8.21. The third-order valence-electron chi connectivity index (χ3n) is 13.0. The molecule has 6 bridgehead atoms. The molecule has 0 atom stereocenters. The lowest BCUT2D eigenvalue weighted by molar-refractivity contribution is 0.669. The van der Waals surface area contributed by atoms with E-state index in [-0.39, 0.29) is 0 Å². The fourth-order valence-corrected chi connectivity index (χ4v) is 10.3. The van der Waals surface area contributed by atoms with E-state index in [1.807, 2.05) is 18.2 Å². The van der Waals surface area contributed by atoms with Gasteiger partial charge >= 0.3 is 0 Å². The minimum Gasteiger partial charge on any atom is -0.456 e. The molecule has 0 fully saturated rings. The van der Waals surface area contributed by atoms with Crippen LogP contribution in [-0.2, 0) is 5.41 Å². The Labute approximate surface area is 358 Å². The number of fused-ring (bicyclic) bond motifs is 13. The first-order valence-corrected chi connectivity index (χ1v) is 21.1. The summed E-state index contributed by atoms with van der Waals surface area (Å²) >= 11 is 0. The van der Waals surface area contributed by atoms with Crippen LogP contribution in [0, 0.1) is 0 Å². The van der Waals surface area contributed by atoms with Gasteiger partial charge in [0.2, 0.25) is 0 Å². The fourth-order valence-electron chi connectivity index (χ4n) is 10.3. The fraction of sp³-hybridized carbons (Fsp3) is 0.0172. The zero-order valence-electron chi connectivity index (χ0n) is 33.5. The lowest BCUT2D eigenvalue weighted by atomic mass is 9.67. The largest absolute Gasteiger partial charge is 0.456 e. The smallest absolute Gasteiger partial charge is 0.164 e. The predicted molar refractivity (Wildman–Crippen MR) is 251 cm³/mol. The quantitative estimate of drug-likeness (QED) is 0.178. The highest BCUT2D eigenvalue weighted by Gasteiger charge is 2.47. The molecule has 62 heavy (non-hydrogen) atoms. The maximum Gasteiger partial charge on any atom is 0.164 e. The van der Waals surface area contributed by atoms with Crippen molar-refractivity contribution in [2.24, 2.45) is 0 Å². The minimum atomic E-state index is -0.589. The van der Waals surface area contributed by atoms with Crippen molar-refractivity contribution in [3.05, 3.63) is 235 Å². The third-order valence-corrected chi connectivity index (χ3v) is 13.0. The number of hydrogen-bond donors (Lipinski definition) is 0. The summed E-state index contributed by atoms with van der Waals surface area (Å²) in [5.41, 5.74) is 17.9. The molecule has 0 saturated carbocycles. The molecule has 2 aromatic heterocycles. The summed E-state index contributed by atoms with van der Waals surface area (Å²) in [6.07, 6.45) is 0. The standard InChI is InChI=1S/C58H35N3O/c1-3-19-41(20-4-1)58(42-21-5-2-6-22-42)49-32-31-38-35-48(49)53-47(27-13-28-50(53)58)57-60-55(39-17-11-15-36(33-39)43-23-7-8-24-44(38)43)59-56(61-57)40-18-12-16-37(34-40)45-26-14-30-52-54(45)46-25-9-10-29-51(46)62-52/h1-35H. The van der Waals surface area contributed by atoms with Crippen LogP contribution in [0.25, 0.3) is 101 Å². The number of nitrogens with zero attached hydrogens (tertiary/aromatic N) is 3. The van der Waals surface area contributed by atoms with Gasteiger partial charge in [-0.3, -0.25) is 0 Å². The summed E-state index contributed by atoms with van der Waals surface area (Å²) in [5, 5.41) is 2.19. The summed E-state index contributed by atoms with van der Waals surface area (Å²) in [6.45, 7) is 0. The van der Waals surface area contributed by atoms with Gasteiger partial charge in [0.1, 0.15) is 11.2 Å². The van der Waals surface area contributed by atoms with Gasteiger partial charge in [-0.25, -0.2) is 15.0 Å². The highest BCUT2D eigenvalue weighted by Crippen LogP contribution is 2.59. The average molecular weight is 790 g/mol. The molecule has 0 amide bonds. The topological polar surface area (TPSA) is 51.8 Å². The van der Waals surface area contributed by atoms with E-state index in [0.717, 1.165) is 72.0 Å². The van der Waals surface area contributed by atoms with E-state index in [4.69, 9.17) is 19.4 Å². The zero-order valence-corrected chi connectivity index (χ0v) is 33.5. The molecule has 0 N–H and O–H groups in total. The maximum atomic E-state index is 6.30. The van der Waals surface area contributed by atoms with Crippen molar-refractivity contribution in [3.8, 4) is 78.7 Å². The van der Waals surface area contributed by atoms with Crippen LogP contribution in [0.2, 0.25) is 0 Å². The normalized spacial score (nSPS) is 13.0. The molecule has 2 aliphatic rings. The summed E-state index contributed by atoms with van der Waals surface area (Å²) in [5.74, 6) is 1.86. The van der Waals surface area contributed by atoms with Gasteiger partial charge in [-0.05, 0) is 97.1 Å². The van der Waals surface area contributed by atoms with E-state index in [1.165, 1.54) is 33.4 Å². The molecule has 0 unspecified atom stereocenters. The number of rotatable bonds is 4. The SMILES string of the molecule is c1ccc(C2(c3ccccc3)c3ccc4cc3-c3c(cccc32)-c2nc(nc(-c3cccc(-c5cccc6oc7ccccc7c56)c3)n2)-c2cccc(c2)-c2ccccc2-4)cc1. The molecule has 1 aliphatic carbocycles. The molecule has 1 aliphatic heterocycles. The van der Waals surface area contributed by atoms with Gasteiger partial charge in [0.05, 0.1) is 5.41 Å². The van der Waals surface area contributed by atoms with E-state index in [0.29, 0.717) is 17.5 Å². The number of para-hydroxylation sites is 1. The second-order valence-electron chi connectivity index (χ2n) is 16.3. The highest BCUT2D eigenvalue weighted by molar-refractivity contribution is 6.12. The van der Waals surface area contributed by atoms with Crippen LogP contribution in [-0.4, -0.2) is 15.0 Å². The molecule has 0 radical (unpaired) electrons. The Bertz CT molecular complexity index is 3550. The van der Waals surface area contributed by atoms with Crippen LogP contribution in [0.1, 0.15) is 22.3 Å². The Morgan fingerprint density at radius 3 is 1.55 bits per heavy atom. The van der Waals surface area contributed by atoms with Crippen LogP contribution in [0.3, 0.4) is 0 Å². The molecule has 3 heterocycles. The van der Waals surface area contributed by atoms with Crippen molar-refractivity contribution >= 4 is 21.9 Å².